The van der Waals surface area contributed by atoms with Gasteiger partial charge in [0.25, 0.3) is 0 Å². The summed E-state index contributed by atoms with van der Waals surface area (Å²) < 4.78 is 54.5. The lowest BCUT2D eigenvalue weighted by atomic mass is 10.3. The molecule has 1 aromatic carbocycles. The number of phenolic OH excluding ortho intramolecular Hbond substituents is 1. The number of halogens is 1. The fourth-order valence-corrected chi connectivity index (χ4v) is 1.00. The van der Waals surface area contributed by atoms with Crippen LogP contribution in [0.2, 0.25) is 5.02 Å². The van der Waals surface area contributed by atoms with Crippen molar-refractivity contribution >= 4 is 23.4 Å². The molecule has 0 bridgehead atoms. The zero-order valence-corrected chi connectivity index (χ0v) is 8.13. The normalized spacial score (nSPS) is 19.4. The Kier molecular flexibility index (Phi) is 1.65. The lowest BCUT2D eigenvalue weighted by Crippen LogP contribution is -2.17. The summed E-state index contributed by atoms with van der Waals surface area (Å²) in [5.74, 6) is -0.250. The Morgan fingerprint density at radius 2 is 2.47 bits per heavy atom. The second-order valence-electron chi connectivity index (χ2n) is 2.51. The van der Waals surface area contributed by atoms with Crippen LogP contribution >= 0.6 is 11.6 Å². The first kappa shape index (κ1) is 5.07. The number of amides is 1. The number of aromatic hydroxyl groups is 1. The molecule has 0 aliphatic heterocycles. The van der Waals surface area contributed by atoms with Crippen LogP contribution in [0.5, 0.6) is 5.75 Å². The minimum atomic E-state index is -3.43. The van der Waals surface area contributed by atoms with Crippen molar-refractivity contribution in [2.75, 3.05) is 5.32 Å². The molecule has 0 spiro atoms. The molecule has 0 aromatic heterocycles. The average Bonchev–Trinajstić information content (AvgIpc) is 2.30. The number of carbonyl (C=O) groups excluding carboxylic acids is 1. The van der Waals surface area contributed by atoms with Gasteiger partial charge in [-0.1, -0.05) is 11.6 Å². The van der Waals surface area contributed by atoms with Crippen LogP contribution in [0.25, 0.3) is 0 Å². The van der Waals surface area contributed by atoms with Crippen LogP contribution in [0.3, 0.4) is 0 Å². The fraction of sp³-hybridized carbons (Fsp3) is 0.300. The summed E-state index contributed by atoms with van der Waals surface area (Å²) >= 11 is 5.62. The third kappa shape index (κ3) is 3.67. The number of nitrogens with one attached hydrogen (secondary N) is 1. The van der Waals surface area contributed by atoms with Crippen molar-refractivity contribution in [3.63, 3.8) is 0 Å². The third-order valence-corrected chi connectivity index (χ3v) is 1.69. The first-order valence-corrected chi connectivity index (χ1v) is 4.14. The molecule has 0 saturated heterocycles. The van der Waals surface area contributed by atoms with Crippen molar-refractivity contribution in [1.82, 2.24) is 0 Å². The van der Waals surface area contributed by atoms with E-state index in [0.29, 0.717) is 0 Å². The second-order valence-corrected chi connectivity index (χ2v) is 2.92. The maximum Gasteiger partial charge on any atom is 0.411 e. The van der Waals surface area contributed by atoms with Gasteiger partial charge in [-0.3, -0.25) is 5.32 Å². The molecule has 0 fully saturated rings. The summed E-state index contributed by atoms with van der Waals surface area (Å²) in [5, 5.41) is 11.2. The maximum absolute atomic E-state index is 11.7. The molecule has 0 radical (unpaired) electrons. The van der Waals surface area contributed by atoms with E-state index < -0.39 is 25.9 Å². The Hall–Kier alpha value is -1.42. The highest BCUT2D eigenvalue weighted by Gasteiger charge is 2.06. The Morgan fingerprint density at radius 1 is 1.73 bits per heavy atom. The number of ether oxygens (including phenoxy) is 1. The van der Waals surface area contributed by atoms with Crippen LogP contribution in [0.4, 0.5) is 10.5 Å². The SMILES string of the molecule is [2H]C([2H])([2H])C([2H])(OC(=O)Nc1ccc(O)c(Cl)c1)C([2H])([2H])[2H]. The molecule has 1 rings (SSSR count). The van der Waals surface area contributed by atoms with Gasteiger partial charge in [-0.15, -0.1) is 0 Å². The largest absolute Gasteiger partial charge is 0.506 e. The second kappa shape index (κ2) is 4.89. The summed E-state index contributed by atoms with van der Waals surface area (Å²) in [5.41, 5.74) is 0.0197. The fourth-order valence-electron chi connectivity index (χ4n) is 0.821. The summed E-state index contributed by atoms with van der Waals surface area (Å²) in [4.78, 5) is 11.7. The lowest BCUT2D eigenvalue weighted by molar-refractivity contribution is 0.130. The van der Waals surface area contributed by atoms with Crippen LogP contribution in [0.15, 0.2) is 18.2 Å². The van der Waals surface area contributed by atoms with Gasteiger partial charge in [-0.25, -0.2) is 4.79 Å². The monoisotopic (exact) mass is 236 g/mol. The van der Waals surface area contributed by atoms with Crippen molar-refractivity contribution in [1.29, 1.82) is 0 Å². The average molecular weight is 237 g/mol. The molecule has 0 aliphatic carbocycles. The Balaban J connectivity index is 2.96. The van der Waals surface area contributed by atoms with Gasteiger partial charge in [0.15, 0.2) is 0 Å². The summed E-state index contributed by atoms with van der Waals surface area (Å²) in [6, 6.07) is 3.51. The van der Waals surface area contributed by atoms with E-state index in [0.717, 1.165) is 12.1 Å². The van der Waals surface area contributed by atoms with Gasteiger partial charge >= 0.3 is 6.09 Å². The van der Waals surface area contributed by atoms with E-state index in [1.54, 1.807) is 0 Å². The maximum atomic E-state index is 11.7. The highest BCUT2D eigenvalue weighted by molar-refractivity contribution is 6.32. The Morgan fingerprint density at radius 3 is 3.07 bits per heavy atom. The molecule has 0 aliphatic rings. The predicted octanol–water partition coefficient (Wildman–Crippen LogP) is 3.00. The molecule has 4 nitrogen and oxygen atoms in total. The highest BCUT2D eigenvalue weighted by Crippen LogP contribution is 2.26. The van der Waals surface area contributed by atoms with E-state index in [4.69, 9.17) is 21.2 Å². The van der Waals surface area contributed by atoms with Crippen LogP contribution < -0.4 is 5.32 Å². The highest BCUT2D eigenvalue weighted by atomic mass is 35.5. The molecule has 1 aromatic rings. The number of hydrogen-bond donors (Lipinski definition) is 2. The molecular weight excluding hydrogens is 218 g/mol. The molecule has 5 heteroatoms. The molecule has 0 atom stereocenters. The van der Waals surface area contributed by atoms with Crippen LogP contribution in [0, 0.1) is 0 Å². The van der Waals surface area contributed by atoms with Crippen molar-refractivity contribution < 1.29 is 24.2 Å². The van der Waals surface area contributed by atoms with Crippen LogP contribution in [-0.2, 0) is 4.74 Å². The van der Waals surface area contributed by atoms with Gasteiger partial charge in [0, 0.05) is 13.9 Å². The van der Waals surface area contributed by atoms with Crippen molar-refractivity contribution in [3.8, 4) is 5.75 Å². The van der Waals surface area contributed by atoms with E-state index in [2.05, 4.69) is 4.74 Å². The number of hydrogen-bond acceptors (Lipinski definition) is 3. The van der Waals surface area contributed by atoms with Gasteiger partial charge in [-0.05, 0) is 31.9 Å². The van der Waals surface area contributed by atoms with E-state index >= 15 is 0 Å². The summed E-state index contributed by atoms with van der Waals surface area (Å²) in [7, 11) is 0. The van der Waals surface area contributed by atoms with Crippen LogP contribution in [-0.4, -0.2) is 17.3 Å². The molecule has 0 saturated carbocycles. The quantitative estimate of drug-likeness (QED) is 0.776. The number of benzene rings is 1. The van der Waals surface area contributed by atoms with Gasteiger partial charge in [-0.2, -0.15) is 0 Å². The van der Waals surface area contributed by atoms with E-state index in [1.807, 2.05) is 5.32 Å². The molecule has 0 unspecified atom stereocenters. The zero-order chi connectivity index (χ0) is 17.3. The minimum absolute atomic E-state index is 0.0197. The van der Waals surface area contributed by atoms with Gasteiger partial charge in [0.05, 0.1) is 12.5 Å². The number of rotatable bonds is 2. The minimum Gasteiger partial charge on any atom is -0.506 e. The number of phenols is 1. The van der Waals surface area contributed by atoms with Crippen molar-refractivity contribution in [2.24, 2.45) is 0 Å². The first-order chi connectivity index (χ1) is 9.78. The van der Waals surface area contributed by atoms with E-state index in [-0.39, 0.29) is 16.5 Å². The number of carbonyl (C=O) groups is 1. The van der Waals surface area contributed by atoms with Crippen molar-refractivity contribution in [3.05, 3.63) is 23.2 Å². The molecule has 0 heterocycles. The lowest BCUT2D eigenvalue weighted by Gasteiger charge is -2.09. The first-order valence-electron chi connectivity index (χ1n) is 7.26. The molecule has 82 valence electrons. The summed E-state index contributed by atoms with van der Waals surface area (Å²) in [6.07, 6.45) is -4.88. The molecule has 1 amide bonds. The smallest absolute Gasteiger partial charge is 0.411 e. The van der Waals surface area contributed by atoms with Gasteiger partial charge in [0.2, 0.25) is 0 Å². The van der Waals surface area contributed by atoms with Gasteiger partial charge < -0.3 is 9.84 Å². The van der Waals surface area contributed by atoms with Crippen molar-refractivity contribution in [2.45, 2.75) is 19.8 Å². The molecule has 2 N–H and O–H groups in total. The van der Waals surface area contributed by atoms with Crippen LogP contribution in [0.1, 0.15) is 23.3 Å². The van der Waals surface area contributed by atoms with E-state index in [9.17, 15) is 9.90 Å². The Labute approximate surface area is 103 Å². The standard InChI is InChI=1S/C10H12ClNO3/c1-6(2)15-10(14)12-7-3-4-9(13)8(11)5-7/h3-6,13H,1-2H3,(H,12,14)/i1D3,2D3,6D. The van der Waals surface area contributed by atoms with E-state index in [1.165, 1.54) is 6.07 Å². The topological polar surface area (TPSA) is 58.6 Å². The Bertz CT molecular complexity index is 559. The van der Waals surface area contributed by atoms with Gasteiger partial charge in [0.1, 0.15) is 5.75 Å². The predicted molar refractivity (Wildman–Crippen MR) is 58.4 cm³/mol. The molecule has 15 heavy (non-hydrogen) atoms. The summed E-state index contributed by atoms with van der Waals surface area (Å²) in [6.45, 7) is -6.77. The number of anilines is 1. The zero-order valence-electron chi connectivity index (χ0n) is 14.4. The molecular formula is C10H12ClNO3. The third-order valence-electron chi connectivity index (χ3n) is 1.39.